The number of nitrogens with zero attached hydrogens (tertiary/aromatic N) is 1. The average Bonchev–Trinajstić information content (AvgIpc) is 1.90. The predicted molar refractivity (Wildman–Crippen MR) is 45.1 cm³/mol. The fourth-order valence-electron chi connectivity index (χ4n) is 0.664. The van der Waals surface area contributed by atoms with Crippen molar-refractivity contribution in [1.82, 2.24) is 4.90 Å². The van der Waals surface area contributed by atoms with Crippen molar-refractivity contribution in [2.45, 2.75) is 13.8 Å². The summed E-state index contributed by atoms with van der Waals surface area (Å²) in [7, 11) is 1.58. The molecular weight excluding hydrogens is 133 g/mol. The van der Waals surface area contributed by atoms with Crippen molar-refractivity contribution in [1.29, 1.82) is 0 Å². The van der Waals surface area contributed by atoms with Gasteiger partial charge in [-0.25, -0.2) is 0 Å². The smallest absolute Gasteiger partial charge is 0.245 e. The maximum atomic E-state index is 10.9. The summed E-state index contributed by atoms with van der Waals surface area (Å²) in [6.45, 7) is 5.58. The van der Waals surface area contributed by atoms with Gasteiger partial charge in [0, 0.05) is 13.1 Å². The molecule has 1 atom stereocenters. The summed E-state index contributed by atoms with van der Waals surface area (Å²) in [5.74, 6) is 1.76. The third-order valence-electron chi connectivity index (χ3n) is 1.25. The van der Waals surface area contributed by atoms with E-state index in [0.29, 0.717) is 0 Å². The lowest BCUT2D eigenvalue weighted by atomic mass is 10.5. The molecule has 0 aliphatic rings. The van der Waals surface area contributed by atoms with Crippen molar-refractivity contribution in [2.24, 2.45) is 0 Å². The summed E-state index contributed by atoms with van der Waals surface area (Å²) in [4.78, 5) is 12.6. The molecule has 0 saturated carbocycles. The van der Waals surface area contributed by atoms with Gasteiger partial charge in [-0.05, 0) is 19.6 Å². The molecule has 0 aromatic heterocycles. The van der Waals surface area contributed by atoms with Gasteiger partial charge in [0.1, 0.15) is 0 Å². The Morgan fingerprint density at radius 2 is 2.00 bits per heavy atom. The molecule has 0 fully saturated rings. The number of hydrogen-bond acceptors (Lipinski definition) is 1. The van der Waals surface area contributed by atoms with Crippen molar-refractivity contribution >= 4 is 20.6 Å². The van der Waals surface area contributed by atoms with Gasteiger partial charge in [-0.15, -0.1) is 8.86 Å². The van der Waals surface area contributed by atoms with Crippen LogP contribution < -0.4 is 0 Å². The fraction of sp³-hybridized carbons (Fsp3) is 0.667. The third-order valence-corrected chi connectivity index (χ3v) is 1.60. The molecule has 0 aromatic carbocycles. The van der Waals surface area contributed by atoms with Crippen LogP contribution in [0.25, 0.3) is 0 Å². The molecule has 0 heterocycles. The molecule has 0 rings (SSSR count). The fourth-order valence-corrected chi connectivity index (χ4v) is 0.923. The molecule has 2 nitrogen and oxygen atoms in total. The molecule has 0 bridgehead atoms. The van der Waals surface area contributed by atoms with Gasteiger partial charge in [0.15, 0.2) is 0 Å². The first kappa shape index (κ1) is 8.77. The SMILES string of the molecule is CCN(CC)C(=O)C=[PH3]. The van der Waals surface area contributed by atoms with Gasteiger partial charge >= 0.3 is 0 Å². The van der Waals surface area contributed by atoms with Gasteiger partial charge in [0.2, 0.25) is 5.91 Å². The molecule has 3 heteroatoms. The highest BCUT2D eigenvalue weighted by Crippen LogP contribution is 1.85. The van der Waals surface area contributed by atoms with Crippen LogP contribution in [0, 0.1) is 0 Å². The van der Waals surface area contributed by atoms with Crippen LogP contribution in [0.2, 0.25) is 0 Å². The zero-order chi connectivity index (χ0) is 7.28. The van der Waals surface area contributed by atoms with E-state index in [1.54, 1.807) is 19.6 Å². The highest BCUT2D eigenvalue weighted by Gasteiger charge is 2.01. The first-order chi connectivity index (χ1) is 4.26. The molecule has 0 spiro atoms. The second-order valence-corrected chi connectivity index (χ2v) is 2.12. The third kappa shape index (κ3) is 2.71. The summed E-state index contributed by atoms with van der Waals surface area (Å²) in [6, 6.07) is 0. The lowest BCUT2D eigenvalue weighted by Crippen LogP contribution is -2.30. The van der Waals surface area contributed by atoms with Crippen molar-refractivity contribution in [3.63, 3.8) is 0 Å². The molecule has 1 unspecified atom stereocenters. The van der Waals surface area contributed by atoms with Crippen LogP contribution in [0.3, 0.4) is 0 Å². The zero-order valence-corrected chi connectivity index (χ0v) is 7.47. The zero-order valence-electron chi connectivity index (χ0n) is 6.05. The second kappa shape index (κ2) is 4.63. The number of amides is 1. The van der Waals surface area contributed by atoms with Crippen LogP contribution in [0.1, 0.15) is 13.8 Å². The van der Waals surface area contributed by atoms with E-state index in [-0.39, 0.29) is 5.91 Å². The van der Waals surface area contributed by atoms with Gasteiger partial charge < -0.3 is 4.90 Å². The molecular formula is C6H14NOP. The normalized spacial score (nSPS) is 9.11. The summed E-state index contributed by atoms with van der Waals surface area (Å²) >= 11 is 0. The van der Waals surface area contributed by atoms with E-state index in [0.717, 1.165) is 13.1 Å². The summed E-state index contributed by atoms with van der Waals surface area (Å²) < 4.78 is 0. The van der Waals surface area contributed by atoms with Gasteiger partial charge in [-0.1, -0.05) is 0 Å². The molecule has 54 valence electrons. The Hall–Kier alpha value is -0.230. The van der Waals surface area contributed by atoms with Crippen LogP contribution in [0.5, 0.6) is 0 Å². The van der Waals surface area contributed by atoms with Crippen LogP contribution in [-0.4, -0.2) is 29.7 Å². The first-order valence-electron chi connectivity index (χ1n) is 3.17. The molecule has 0 saturated heterocycles. The van der Waals surface area contributed by atoms with Crippen molar-refractivity contribution in [3.05, 3.63) is 0 Å². The minimum atomic E-state index is 0.137. The van der Waals surface area contributed by atoms with E-state index in [9.17, 15) is 4.79 Å². The number of carbonyl (C=O) groups is 1. The quantitative estimate of drug-likeness (QED) is 0.524. The van der Waals surface area contributed by atoms with E-state index in [4.69, 9.17) is 0 Å². The monoisotopic (exact) mass is 147 g/mol. The second-order valence-electron chi connectivity index (χ2n) is 1.71. The molecule has 1 amide bonds. The van der Waals surface area contributed by atoms with E-state index < -0.39 is 0 Å². The Morgan fingerprint density at radius 3 is 2.11 bits per heavy atom. The van der Waals surface area contributed by atoms with E-state index in [2.05, 4.69) is 0 Å². The maximum absolute atomic E-state index is 10.9. The molecule has 9 heavy (non-hydrogen) atoms. The number of hydrogen-bond donors (Lipinski definition) is 0. The Labute approximate surface area is 58.1 Å². The van der Waals surface area contributed by atoms with Gasteiger partial charge in [0.25, 0.3) is 0 Å². The summed E-state index contributed by atoms with van der Waals surface area (Å²) in [5, 5.41) is 0. The minimum absolute atomic E-state index is 0.137. The topological polar surface area (TPSA) is 20.3 Å². The number of rotatable bonds is 3. The van der Waals surface area contributed by atoms with Crippen LogP contribution in [0.15, 0.2) is 0 Å². The Bertz CT molecular complexity index is 110. The van der Waals surface area contributed by atoms with Gasteiger partial charge in [0.05, 0.1) is 0 Å². The highest BCUT2D eigenvalue weighted by atomic mass is 31.0. The average molecular weight is 147 g/mol. The van der Waals surface area contributed by atoms with Crippen molar-refractivity contribution < 1.29 is 4.79 Å². The largest absolute Gasteiger partial charge is 0.340 e. The van der Waals surface area contributed by atoms with E-state index in [1.165, 1.54) is 0 Å². The Kier molecular flexibility index (Phi) is 4.51. The Morgan fingerprint density at radius 1 is 1.56 bits per heavy atom. The molecule has 0 N–H and O–H groups in total. The molecule has 0 aromatic rings. The standard InChI is InChI=1S/C6H14NOP/c1-3-7(4-2)6(8)5-9/h5H,3-4H2,1-2,9H3. The highest BCUT2D eigenvalue weighted by molar-refractivity contribution is 7.22. The maximum Gasteiger partial charge on any atom is 0.245 e. The van der Waals surface area contributed by atoms with E-state index >= 15 is 0 Å². The predicted octanol–water partition coefficient (Wildman–Crippen LogP) is 0.264. The van der Waals surface area contributed by atoms with Gasteiger partial charge in [-0.2, -0.15) is 0 Å². The van der Waals surface area contributed by atoms with E-state index in [1.807, 2.05) is 13.8 Å². The Balaban J connectivity index is 3.78. The van der Waals surface area contributed by atoms with Crippen LogP contribution in [-0.2, 0) is 4.79 Å². The molecule has 0 aliphatic carbocycles. The van der Waals surface area contributed by atoms with Crippen molar-refractivity contribution in [2.75, 3.05) is 13.1 Å². The summed E-state index contributed by atoms with van der Waals surface area (Å²) in [5.41, 5.74) is 0. The van der Waals surface area contributed by atoms with Crippen LogP contribution >= 0.6 is 8.86 Å². The van der Waals surface area contributed by atoms with Crippen molar-refractivity contribution in [3.8, 4) is 0 Å². The number of carbonyl (C=O) groups excluding carboxylic acids is 1. The lowest BCUT2D eigenvalue weighted by molar-refractivity contribution is -0.123. The lowest BCUT2D eigenvalue weighted by Gasteiger charge is -2.15. The first-order valence-corrected chi connectivity index (χ1v) is 3.99. The summed E-state index contributed by atoms with van der Waals surface area (Å²) in [6.07, 6.45) is 0. The van der Waals surface area contributed by atoms with Gasteiger partial charge in [-0.3, -0.25) is 4.79 Å². The molecule has 0 aliphatic heterocycles. The minimum Gasteiger partial charge on any atom is -0.340 e. The van der Waals surface area contributed by atoms with Crippen LogP contribution in [0.4, 0.5) is 0 Å². The molecule has 0 radical (unpaired) electrons.